The summed E-state index contributed by atoms with van der Waals surface area (Å²) in [6.45, 7) is 0.0356. The number of halogens is 1. The molecule has 0 bridgehead atoms. The normalized spacial score (nSPS) is 9.42. The van der Waals surface area contributed by atoms with Gasteiger partial charge < -0.3 is 10.4 Å². The van der Waals surface area contributed by atoms with Crippen molar-refractivity contribution in [1.29, 1.82) is 0 Å². The van der Waals surface area contributed by atoms with E-state index in [4.69, 9.17) is 11.6 Å². The Hall–Kier alpha value is -1.22. The number of hydrogen-bond donors (Lipinski definition) is 2. The SMILES string of the molecule is O=[C]CNc1cc(Cl)ccc1O. The van der Waals surface area contributed by atoms with Crippen LogP contribution in [0.4, 0.5) is 5.69 Å². The second kappa shape index (κ2) is 3.97. The molecule has 0 aliphatic carbocycles. The van der Waals surface area contributed by atoms with Gasteiger partial charge >= 0.3 is 0 Å². The standard InChI is InChI=1S/C8H7ClNO2/c9-6-1-2-8(12)7(5-6)10-3-4-11/h1-2,5,10,12H,3H2. The molecule has 1 aromatic rings. The van der Waals surface area contributed by atoms with Gasteiger partial charge in [-0.25, -0.2) is 0 Å². The molecule has 1 rings (SSSR count). The summed E-state index contributed by atoms with van der Waals surface area (Å²) >= 11 is 5.65. The van der Waals surface area contributed by atoms with Crippen molar-refractivity contribution in [2.24, 2.45) is 0 Å². The van der Waals surface area contributed by atoms with Crippen molar-refractivity contribution in [3.8, 4) is 5.75 Å². The Morgan fingerprint density at radius 2 is 2.33 bits per heavy atom. The smallest absolute Gasteiger partial charge is 0.219 e. The summed E-state index contributed by atoms with van der Waals surface area (Å²) in [6, 6.07) is 4.55. The van der Waals surface area contributed by atoms with Gasteiger partial charge in [-0.2, -0.15) is 0 Å². The first-order chi connectivity index (χ1) is 5.74. The van der Waals surface area contributed by atoms with Crippen LogP contribution in [0, 0.1) is 0 Å². The molecule has 4 heteroatoms. The molecule has 0 spiro atoms. The lowest BCUT2D eigenvalue weighted by molar-refractivity contribution is 0.477. The molecule has 3 nitrogen and oxygen atoms in total. The highest BCUT2D eigenvalue weighted by Crippen LogP contribution is 2.25. The molecule has 1 radical (unpaired) electrons. The van der Waals surface area contributed by atoms with Gasteiger partial charge in [0, 0.05) is 5.02 Å². The summed E-state index contributed by atoms with van der Waals surface area (Å²) in [5, 5.41) is 12.4. The minimum atomic E-state index is 0.0356. The lowest BCUT2D eigenvalue weighted by Gasteiger charge is -2.04. The van der Waals surface area contributed by atoms with Crippen molar-refractivity contribution in [3.05, 3.63) is 23.2 Å². The summed E-state index contributed by atoms with van der Waals surface area (Å²) in [6.07, 6.45) is 1.65. The number of carbonyl (C=O) groups excluding carboxylic acids is 1. The van der Waals surface area contributed by atoms with E-state index >= 15 is 0 Å². The second-order valence-corrected chi connectivity index (χ2v) is 2.60. The predicted octanol–water partition coefficient (Wildman–Crippen LogP) is 1.57. The average molecular weight is 185 g/mol. The Morgan fingerprint density at radius 1 is 1.58 bits per heavy atom. The quantitative estimate of drug-likeness (QED) is 0.701. The summed E-state index contributed by atoms with van der Waals surface area (Å²) < 4.78 is 0. The zero-order chi connectivity index (χ0) is 8.97. The van der Waals surface area contributed by atoms with Gasteiger partial charge in [0.25, 0.3) is 0 Å². The average Bonchev–Trinajstić information content (AvgIpc) is 2.07. The van der Waals surface area contributed by atoms with Crippen LogP contribution in [-0.2, 0) is 4.79 Å². The van der Waals surface area contributed by atoms with Crippen molar-refractivity contribution in [2.75, 3.05) is 11.9 Å². The van der Waals surface area contributed by atoms with Crippen LogP contribution in [0.3, 0.4) is 0 Å². The largest absolute Gasteiger partial charge is 0.506 e. The highest BCUT2D eigenvalue weighted by atomic mass is 35.5. The fraction of sp³-hybridized carbons (Fsp3) is 0.125. The zero-order valence-corrected chi connectivity index (χ0v) is 6.93. The van der Waals surface area contributed by atoms with Gasteiger partial charge in [-0.3, -0.25) is 4.79 Å². The van der Waals surface area contributed by atoms with E-state index in [0.717, 1.165) is 0 Å². The minimum absolute atomic E-state index is 0.0356. The van der Waals surface area contributed by atoms with Crippen molar-refractivity contribution in [3.63, 3.8) is 0 Å². The van der Waals surface area contributed by atoms with Crippen molar-refractivity contribution in [1.82, 2.24) is 0 Å². The van der Waals surface area contributed by atoms with Crippen molar-refractivity contribution < 1.29 is 9.90 Å². The van der Waals surface area contributed by atoms with Gasteiger partial charge in [0.15, 0.2) is 0 Å². The molecule has 0 aliphatic heterocycles. The molecule has 0 heterocycles. The summed E-state index contributed by atoms with van der Waals surface area (Å²) in [4.78, 5) is 9.87. The first-order valence-electron chi connectivity index (χ1n) is 3.31. The fourth-order valence-corrected chi connectivity index (χ4v) is 0.953. The maximum Gasteiger partial charge on any atom is 0.219 e. The first kappa shape index (κ1) is 8.87. The molecule has 0 atom stereocenters. The van der Waals surface area contributed by atoms with Crippen LogP contribution < -0.4 is 5.32 Å². The summed E-state index contributed by atoms with van der Waals surface area (Å²) in [5.74, 6) is 0.0645. The van der Waals surface area contributed by atoms with Crippen LogP contribution in [0.5, 0.6) is 5.75 Å². The Balaban J connectivity index is 2.82. The Kier molecular flexibility index (Phi) is 2.94. The maximum atomic E-state index is 9.87. The predicted molar refractivity (Wildman–Crippen MR) is 47.3 cm³/mol. The third-order valence-electron chi connectivity index (χ3n) is 1.31. The number of nitrogens with one attached hydrogen (secondary N) is 1. The molecule has 0 saturated heterocycles. The van der Waals surface area contributed by atoms with Crippen LogP contribution in [-0.4, -0.2) is 17.9 Å². The number of phenolic OH excluding ortho intramolecular Hbond substituents is 1. The van der Waals surface area contributed by atoms with Gasteiger partial charge in [-0.15, -0.1) is 0 Å². The van der Waals surface area contributed by atoms with Crippen LogP contribution in [0.25, 0.3) is 0 Å². The summed E-state index contributed by atoms with van der Waals surface area (Å²) in [7, 11) is 0. The zero-order valence-electron chi connectivity index (χ0n) is 6.17. The molecule has 0 aromatic heterocycles. The third kappa shape index (κ3) is 2.13. The molecule has 0 aliphatic rings. The second-order valence-electron chi connectivity index (χ2n) is 2.16. The van der Waals surface area contributed by atoms with Gasteiger partial charge in [0.05, 0.1) is 12.2 Å². The van der Waals surface area contributed by atoms with E-state index in [9.17, 15) is 9.90 Å². The molecule has 12 heavy (non-hydrogen) atoms. The van der Waals surface area contributed by atoms with E-state index in [-0.39, 0.29) is 12.3 Å². The molecular formula is C8H7ClNO2. The highest BCUT2D eigenvalue weighted by molar-refractivity contribution is 6.30. The summed E-state index contributed by atoms with van der Waals surface area (Å²) in [5.41, 5.74) is 0.436. The highest BCUT2D eigenvalue weighted by Gasteiger charge is 1.99. The number of phenols is 1. The van der Waals surface area contributed by atoms with Crippen molar-refractivity contribution >= 4 is 23.6 Å². The van der Waals surface area contributed by atoms with E-state index in [1.807, 2.05) is 0 Å². The molecule has 2 N–H and O–H groups in total. The first-order valence-corrected chi connectivity index (χ1v) is 3.69. The number of aromatic hydroxyl groups is 1. The fourth-order valence-electron chi connectivity index (χ4n) is 0.781. The van der Waals surface area contributed by atoms with Gasteiger partial charge in [0.1, 0.15) is 5.75 Å². The number of anilines is 1. The molecule has 0 unspecified atom stereocenters. The van der Waals surface area contributed by atoms with Crippen molar-refractivity contribution in [2.45, 2.75) is 0 Å². The lowest BCUT2D eigenvalue weighted by atomic mass is 10.3. The Bertz CT molecular complexity index is 288. The van der Waals surface area contributed by atoms with Gasteiger partial charge in [0.2, 0.25) is 6.29 Å². The molecule has 0 amide bonds. The van der Waals surface area contributed by atoms with E-state index in [0.29, 0.717) is 10.7 Å². The molecule has 63 valence electrons. The molecule has 0 saturated carbocycles. The molecular weight excluding hydrogens is 178 g/mol. The number of hydrogen-bond acceptors (Lipinski definition) is 3. The van der Waals surface area contributed by atoms with Crippen LogP contribution >= 0.6 is 11.6 Å². The monoisotopic (exact) mass is 184 g/mol. The molecule has 1 aromatic carbocycles. The number of rotatable bonds is 3. The Morgan fingerprint density at radius 3 is 3.00 bits per heavy atom. The van der Waals surface area contributed by atoms with E-state index in [2.05, 4.69) is 5.32 Å². The van der Waals surface area contributed by atoms with Gasteiger partial charge in [-0.1, -0.05) is 11.6 Å². The topological polar surface area (TPSA) is 49.3 Å². The van der Waals surface area contributed by atoms with Gasteiger partial charge in [-0.05, 0) is 18.2 Å². The van der Waals surface area contributed by atoms with E-state index < -0.39 is 0 Å². The Labute approximate surface area is 75.0 Å². The molecule has 0 fully saturated rings. The minimum Gasteiger partial charge on any atom is -0.506 e. The number of benzene rings is 1. The lowest BCUT2D eigenvalue weighted by Crippen LogP contribution is -2.01. The van der Waals surface area contributed by atoms with Crippen LogP contribution in [0.2, 0.25) is 5.02 Å². The van der Waals surface area contributed by atoms with Crippen LogP contribution in [0.1, 0.15) is 0 Å². The van der Waals surface area contributed by atoms with Crippen LogP contribution in [0.15, 0.2) is 18.2 Å². The van der Waals surface area contributed by atoms with E-state index in [1.165, 1.54) is 12.1 Å². The maximum absolute atomic E-state index is 9.87. The van der Waals surface area contributed by atoms with E-state index in [1.54, 1.807) is 12.4 Å². The third-order valence-corrected chi connectivity index (χ3v) is 1.54.